The van der Waals surface area contributed by atoms with E-state index in [9.17, 15) is 8.42 Å². The summed E-state index contributed by atoms with van der Waals surface area (Å²) in [4.78, 5) is 3.92. The first-order valence-electron chi connectivity index (χ1n) is 6.34. The molecule has 1 aromatic rings. The first-order valence-corrected chi connectivity index (χ1v) is 7.82. The summed E-state index contributed by atoms with van der Waals surface area (Å²) >= 11 is 0. The van der Waals surface area contributed by atoms with Crippen LogP contribution in [0.2, 0.25) is 0 Å². The number of hydrogen-bond acceptors (Lipinski definition) is 5. The van der Waals surface area contributed by atoms with Gasteiger partial charge in [-0.15, -0.1) is 0 Å². The Hall–Kier alpha value is -1.02. The summed E-state index contributed by atoms with van der Waals surface area (Å²) in [5.74, 6) is 0.242. The topological polar surface area (TPSA) is 94.3 Å². The Labute approximate surface area is 113 Å². The van der Waals surface area contributed by atoms with Gasteiger partial charge in [-0.3, -0.25) is 0 Å². The van der Waals surface area contributed by atoms with Crippen LogP contribution in [0.15, 0.2) is 23.4 Å². The molecule has 6 nitrogen and oxygen atoms in total. The highest BCUT2D eigenvalue weighted by Gasteiger charge is 2.19. The average molecular weight is 285 g/mol. The van der Waals surface area contributed by atoms with E-state index in [4.69, 9.17) is 10.5 Å². The quantitative estimate of drug-likeness (QED) is 0.808. The van der Waals surface area contributed by atoms with Gasteiger partial charge in [-0.1, -0.05) is 6.07 Å². The van der Waals surface area contributed by atoms with E-state index in [-0.39, 0.29) is 10.9 Å². The predicted octanol–water partition coefficient (Wildman–Crippen LogP) is 0.245. The highest BCUT2D eigenvalue weighted by molar-refractivity contribution is 7.89. The van der Waals surface area contributed by atoms with E-state index in [2.05, 4.69) is 9.71 Å². The van der Waals surface area contributed by atoms with Crippen LogP contribution in [0, 0.1) is 5.92 Å². The summed E-state index contributed by atoms with van der Waals surface area (Å²) in [6.45, 7) is 2.12. The third-order valence-corrected chi connectivity index (χ3v) is 4.46. The average Bonchev–Trinajstić information content (AvgIpc) is 2.46. The Morgan fingerprint density at radius 1 is 1.47 bits per heavy atom. The second kappa shape index (κ2) is 6.42. The minimum absolute atomic E-state index is 0.0291. The van der Waals surface area contributed by atoms with E-state index in [1.54, 1.807) is 6.07 Å². The Balaban J connectivity index is 1.96. The molecule has 19 heavy (non-hydrogen) atoms. The molecular formula is C12H19N3O3S. The number of nitrogens with two attached hydrogens (primary N) is 1. The van der Waals surface area contributed by atoms with Crippen molar-refractivity contribution < 1.29 is 13.2 Å². The van der Waals surface area contributed by atoms with E-state index < -0.39 is 10.0 Å². The van der Waals surface area contributed by atoms with Crippen molar-refractivity contribution in [1.82, 2.24) is 9.71 Å². The third-order valence-electron chi connectivity index (χ3n) is 3.13. The van der Waals surface area contributed by atoms with E-state index >= 15 is 0 Å². The smallest absolute Gasteiger partial charge is 0.258 e. The van der Waals surface area contributed by atoms with Crippen LogP contribution >= 0.6 is 0 Å². The first kappa shape index (κ1) is 14.4. The van der Waals surface area contributed by atoms with Crippen LogP contribution < -0.4 is 10.5 Å². The van der Waals surface area contributed by atoms with E-state index in [0.29, 0.717) is 19.7 Å². The number of pyridine rings is 1. The minimum atomic E-state index is -3.54. The molecule has 1 aromatic heterocycles. The predicted molar refractivity (Wildman–Crippen MR) is 70.9 cm³/mol. The monoisotopic (exact) mass is 285 g/mol. The summed E-state index contributed by atoms with van der Waals surface area (Å²) < 4.78 is 32.0. The fourth-order valence-corrected chi connectivity index (χ4v) is 3.00. The van der Waals surface area contributed by atoms with Crippen molar-refractivity contribution in [3.63, 3.8) is 0 Å². The highest BCUT2D eigenvalue weighted by atomic mass is 32.2. The molecule has 106 valence electrons. The van der Waals surface area contributed by atoms with Crippen LogP contribution in [0.25, 0.3) is 0 Å². The zero-order chi connectivity index (χ0) is 13.7. The normalized spacial score (nSPS) is 20.4. The van der Waals surface area contributed by atoms with Gasteiger partial charge in [0.05, 0.1) is 6.61 Å². The summed E-state index contributed by atoms with van der Waals surface area (Å²) in [6, 6.07) is 3.15. The minimum Gasteiger partial charge on any atom is -0.381 e. The Morgan fingerprint density at radius 2 is 2.32 bits per heavy atom. The summed E-state index contributed by atoms with van der Waals surface area (Å²) in [5, 5.41) is 0.0291. The molecule has 0 amide bonds. The zero-order valence-corrected chi connectivity index (χ0v) is 11.5. The molecule has 0 spiro atoms. The van der Waals surface area contributed by atoms with Crippen LogP contribution in [0.1, 0.15) is 18.4 Å². The molecule has 1 unspecified atom stereocenters. The van der Waals surface area contributed by atoms with Gasteiger partial charge >= 0.3 is 0 Å². The van der Waals surface area contributed by atoms with Crippen molar-refractivity contribution in [3.8, 4) is 0 Å². The molecule has 1 saturated heterocycles. The van der Waals surface area contributed by atoms with E-state index in [1.807, 2.05) is 0 Å². The summed E-state index contributed by atoms with van der Waals surface area (Å²) in [7, 11) is -3.54. The van der Waals surface area contributed by atoms with Crippen molar-refractivity contribution in [1.29, 1.82) is 0 Å². The standard InChI is InChI=1S/C12H19N3O3S/c13-6-10-3-4-12(14-7-10)19(16,17)15-8-11-2-1-5-18-9-11/h3-4,7,11,15H,1-2,5-6,8-9,13H2. The van der Waals surface area contributed by atoms with Gasteiger partial charge in [0.15, 0.2) is 5.03 Å². The third kappa shape index (κ3) is 3.97. The van der Waals surface area contributed by atoms with Crippen molar-refractivity contribution >= 4 is 10.0 Å². The molecule has 0 saturated carbocycles. The fraction of sp³-hybridized carbons (Fsp3) is 0.583. The maximum atomic E-state index is 12.0. The Bertz CT molecular complexity index is 495. The molecule has 0 aliphatic carbocycles. The number of ether oxygens (including phenoxy) is 1. The van der Waals surface area contributed by atoms with Crippen molar-refractivity contribution in [3.05, 3.63) is 23.9 Å². The van der Waals surface area contributed by atoms with Crippen molar-refractivity contribution in [2.75, 3.05) is 19.8 Å². The van der Waals surface area contributed by atoms with Crippen LogP contribution in [0.3, 0.4) is 0 Å². The number of sulfonamides is 1. The molecule has 0 aromatic carbocycles. The largest absolute Gasteiger partial charge is 0.381 e. The van der Waals surface area contributed by atoms with Crippen LogP contribution in [0.4, 0.5) is 0 Å². The molecule has 2 rings (SSSR count). The Morgan fingerprint density at radius 3 is 2.89 bits per heavy atom. The molecule has 1 aliphatic heterocycles. The number of hydrogen-bond donors (Lipinski definition) is 2. The lowest BCUT2D eigenvalue weighted by molar-refractivity contribution is 0.0568. The molecule has 1 aliphatic rings. The van der Waals surface area contributed by atoms with E-state index in [0.717, 1.165) is 25.0 Å². The van der Waals surface area contributed by atoms with Gasteiger partial charge in [0.2, 0.25) is 0 Å². The molecule has 7 heteroatoms. The van der Waals surface area contributed by atoms with E-state index in [1.165, 1.54) is 12.3 Å². The maximum Gasteiger partial charge on any atom is 0.258 e. The summed E-state index contributed by atoms with van der Waals surface area (Å²) in [5.41, 5.74) is 6.25. The first-order chi connectivity index (χ1) is 9.12. The molecule has 0 radical (unpaired) electrons. The molecule has 3 N–H and O–H groups in total. The van der Waals surface area contributed by atoms with Gasteiger partial charge in [-0.25, -0.2) is 18.1 Å². The van der Waals surface area contributed by atoms with Crippen LogP contribution in [-0.2, 0) is 21.3 Å². The van der Waals surface area contributed by atoms with Gasteiger partial charge in [0, 0.05) is 25.9 Å². The lowest BCUT2D eigenvalue weighted by Crippen LogP contribution is -2.33. The van der Waals surface area contributed by atoms with Gasteiger partial charge in [-0.05, 0) is 30.4 Å². The lowest BCUT2D eigenvalue weighted by Gasteiger charge is -2.22. The number of nitrogens with one attached hydrogen (secondary N) is 1. The lowest BCUT2D eigenvalue weighted by atomic mass is 10.0. The maximum absolute atomic E-state index is 12.0. The number of aromatic nitrogens is 1. The fourth-order valence-electron chi connectivity index (χ4n) is 1.96. The van der Waals surface area contributed by atoms with Gasteiger partial charge < -0.3 is 10.5 Å². The van der Waals surface area contributed by atoms with Crippen LogP contribution in [-0.4, -0.2) is 33.2 Å². The van der Waals surface area contributed by atoms with Gasteiger partial charge in [-0.2, -0.15) is 0 Å². The molecule has 2 heterocycles. The SMILES string of the molecule is NCc1ccc(S(=O)(=O)NCC2CCCOC2)nc1. The van der Waals surface area contributed by atoms with Crippen molar-refractivity contribution in [2.24, 2.45) is 11.7 Å². The Kier molecular flexibility index (Phi) is 4.87. The van der Waals surface area contributed by atoms with Gasteiger partial charge in [0.1, 0.15) is 0 Å². The van der Waals surface area contributed by atoms with Gasteiger partial charge in [0.25, 0.3) is 10.0 Å². The molecule has 0 bridgehead atoms. The zero-order valence-electron chi connectivity index (χ0n) is 10.7. The highest BCUT2D eigenvalue weighted by Crippen LogP contribution is 2.13. The molecule has 1 fully saturated rings. The second-order valence-corrected chi connectivity index (χ2v) is 6.36. The molecular weight excluding hydrogens is 266 g/mol. The second-order valence-electron chi connectivity index (χ2n) is 4.64. The van der Waals surface area contributed by atoms with Crippen LogP contribution in [0.5, 0.6) is 0 Å². The summed E-state index contributed by atoms with van der Waals surface area (Å²) in [6.07, 6.45) is 3.45. The van der Waals surface area contributed by atoms with Crippen molar-refractivity contribution in [2.45, 2.75) is 24.4 Å². The number of nitrogens with zero attached hydrogens (tertiary/aromatic N) is 1. The number of rotatable bonds is 5. The molecule has 1 atom stereocenters.